The topological polar surface area (TPSA) is 98.2 Å². The van der Waals surface area contributed by atoms with Crippen LogP contribution >= 0.6 is 0 Å². The molecule has 0 spiro atoms. The Morgan fingerprint density at radius 3 is 2.52 bits per heavy atom. The highest BCUT2D eigenvalue weighted by Gasteiger charge is 2.35. The number of carbonyl (C=O) groups excluding carboxylic acids is 1. The molecule has 1 aliphatic carbocycles. The monoisotopic (exact) mass is 373 g/mol. The lowest BCUT2D eigenvalue weighted by molar-refractivity contribution is -0.132. The van der Waals surface area contributed by atoms with Gasteiger partial charge in [-0.05, 0) is 32.6 Å². The van der Waals surface area contributed by atoms with E-state index in [2.05, 4.69) is 22.2 Å². The summed E-state index contributed by atoms with van der Waals surface area (Å²) < 4.78 is 10.7. The van der Waals surface area contributed by atoms with Crippen molar-refractivity contribution < 1.29 is 13.8 Å². The van der Waals surface area contributed by atoms with Gasteiger partial charge in [-0.2, -0.15) is 9.97 Å². The highest BCUT2D eigenvalue weighted by molar-refractivity contribution is 5.77. The van der Waals surface area contributed by atoms with Crippen LogP contribution in [0, 0.1) is 6.92 Å². The van der Waals surface area contributed by atoms with Gasteiger partial charge in [0.1, 0.15) is 6.42 Å². The Labute approximate surface area is 158 Å². The number of amides is 1. The number of piperidine rings is 1. The van der Waals surface area contributed by atoms with Crippen molar-refractivity contribution in [1.82, 2.24) is 25.2 Å². The first-order valence-corrected chi connectivity index (χ1v) is 9.94. The fourth-order valence-electron chi connectivity index (χ4n) is 4.23. The van der Waals surface area contributed by atoms with Crippen LogP contribution in [0.25, 0.3) is 0 Å². The molecule has 0 aromatic carbocycles. The van der Waals surface area contributed by atoms with E-state index in [-0.39, 0.29) is 23.7 Å². The fourth-order valence-corrected chi connectivity index (χ4v) is 4.23. The minimum atomic E-state index is 0.0260. The van der Waals surface area contributed by atoms with Crippen LogP contribution < -0.4 is 0 Å². The van der Waals surface area contributed by atoms with Crippen LogP contribution in [0.1, 0.15) is 81.2 Å². The summed E-state index contributed by atoms with van der Waals surface area (Å²) in [5.41, 5.74) is 0.0544. The van der Waals surface area contributed by atoms with Gasteiger partial charge in [0.25, 0.3) is 0 Å². The zero-order valence-corrected chi connectivity index (χ0v) is 16.1. The molecule has 0 bridgehead atoms. The quantitative estimate of drug-likeness (QED) is 0.812. The average Bonchev–Trinajstić information content (AvgIpc) is 3.32. The summed E-state index contributed by atoms with van der Waals surface area (Å²) in [6.45, 7) is 5.37. The summed E-state index contributed by atoms with van der Waals surface area (Å²) in [7, 11) is 0. The molecule has 1 saturated carbocycles. The van der Waals surface area contributed by atoms with Crippen molar-refractivity contribution in [2.45, 2.75) is 76.5 Å². The molecular weight excluding hydrogens is 346 g/mol. The number of rotatable bonds is 4. The average molecular weight is 373 g/mol. The number of hydrogen-bond donors (Lipinski definition) is 0. The number of aryl methyl sites for hydroxylation is 1. The molecule has 8 nitrogen and oxygen atoms in total. The number of nitrogens with zero attached hydrogens (tertiary/aromatic N) is 5. The van der Waals surface area contributed by atoms with Gasteiger partial charge in [-0.3, -0.25) is 4.79 Å². The zero-order chi connectivity index (χ0) is 18.9. The van der Waals surface area contributed by atoms with E-state index in [0.717, 1.165) is 37.4 Å². The Hall–Kier alpha value is -2.25. The van der Waals surface area contributed by atoms with Crippen molar-refractivity contribution in [3.8, 4) is 0 Å². The second-order valence-electron chi connectivity index (χ2n) is 8.14. The van der Waals surface area contributed by atoms with E-state index in [9.17, 15) is 4.79 Å². The molecule has 2 fully saturated rings. The number of likely N-dealkylation sites (tertiary alicyclic amines) is 1. The highest BCUT2D eigenvalue weighted by Crippen LogP contribution is 2.38. The summed E-state index contributed by atoms with van der Waals surface area (Å²) in [6.07, 6.45) is 7.88. The first-order valence-electron chi connectivity index (χ1n) is 9.94. The summed E-state index contributed by atoms with van der Waals surface area (Å²) in [4.78, 5) is 23.1. The van der Waals surface area contributed by atoms with Crippen molar-refractivity contribution in [2.75, 3.05) is 13.1 Å². The maximum absolute atomic E-state index is 12.4. The summed E-state index contributed by atoms with van der Waals surface area (Å²) in [6, 6.07) is 0. The molecule has 0 unspecified atom stereocenters. The van der Waals surface area contributed by atoms with Crippen molar-refractivity contribution >= 4 is 5.91 Å². The van der Waals surface area contributed by atoms with Gasteiger partial charge in [-0.15, -0.1) is 0 Å². The lowest BCUT2D eigenvalue weighted by Crippen LogP contribution is -2.39. The van der Waals surface area contributed by atoms with E-state index in [1.807, 2.05) is 4.90 Å². The molecular formula is C19H27N5O3. The van der Waals surface area contributed by atoms with Crippen LogP contribution in [0.2, 0.25) is 0 Å². The second-order valence-corrected chi connectivity index (χ2v) is 8.14. The highest BCUT2D eigenvalue weighted by atomic mass is 16.5. The Balaban J connectivity index is 1.33. The minimum Gasteiger partial charge on any atom is -0.342 e. The van der Waals surface area contributed by atoms with Gasteiger partial charge < -0.3 is 13.9 Å². The molecule has 1 saturated heterocycles. The first kappa shape index (κ1) is 18.1. The van der Waals surface area contributed by atoms with Crippen LogP contribution in [0.15, 0.2) is 9.05 Å². The summed E-state index contributed by atoms with van der Waals surface area (Å²) in [5.74, 6) is 2.78. The predicted octanol–water partition coefficient (Wildman–Crippen LogP) is 2.93. The van der Waals surface area contributed by atoms with Gasteiger partial charge in [0, 0.05) is 24.4 Å². The molecule has 0 atom stereocenters. The molecule has 2 aliphatic rings. The van der Waals surface area contributed by atoms with Gasteiger partial charge in [-0.25, -0.2) is 0 Å². The lowest BCUT2D eigenvalue weighted by Gasteiger charge is -2.31. The van der Waals surface area contributed by atoms with Crippen molar-refractivity contribution in [1.29, 1.82) is 0 Å². The predicted molar refractivity (Wildman–Crippen MR) is 96.0 cm³/mol. The molecule has 27 heavy (non-hydrogen) atoms. The Morgan fingerprint density at radius 2 is 1.85 bits per heavy atom. The molecule has 0 radical (unpaired) electrons. The first-order chi connectivity index (χ1) is 13.0. The smallest absolute Gasteiger partial charge is 0.236 e. The van der Waals surface area contributed by atoms with E-state index in [4.69, 9.17) is 14.0 Å². The van der Waals surface area contributed by atoms with Crippen LogP contribution in [-0.4, -0.2) is 44.2 Å². The van der Waals surface area contributed by atoms with Gasteiger partial charge in [-0.1, -0.05) is 36.5 Å². The second kappa shape index (κ2) is 7.40. The Kier molecular flexibility index (Phi) is 4.97. The molecule has 146 valence electrons. The molecule has 2 aromatic heterocycles. The number of aromatic nitrogens is 4. The molecule has 4 rings (SSSR count). The van der Waals surface area contributed by atoms with Crippen LogP contribution in [0.4, 0.5) is 0 Å². The largest absolute Gasteiger partial charge is 0.342 e. The Bertz CT molecular complexity index is 785. The Morgan fingerprint density at radius 1 is 1.11 bits per heavy atom. The third-order valence-electron chi connectivity index (χ3n) is 6.01. The molecule has 0 N–H and O–H groups in total. The van der Waals surface area contributed by atoms with Crippen molar-refractivity contribution in [2.24, 2.45) is 0 Å². The van der Waals surface area contributed by atoms with Gasteiger partial charge in [0.15, 0.2) is 11.6 Å². The molecule has 1 amide bonds. The minimum absolute atomic E-state index is 0.0260. The third-order valence-corrected chi connectivity index (χ3v) is 6.01. The van der Waals surface area contributed by atoms with Crippen LogP contribution in [0.3, 0.4) is 0 Å². The molecule has 3 heterocycles. The standard InChI is InChI=1S/C19H27N5O3/c1-13-20-15(26-22-13)12-16(25)24-10-6-14(7-11-24)17-21-18(23-27-17)19(2)8-4-3-5-9-19/h14H,3-12H2,1-2H3. The van der Waals surface area contributed by atoms with Gasteiger partial charge in [0.2, 0.25) is 17.7 Å². The fraction of sp³-hybridized carbons (Fsp3) is 0.737. The summed E-state index contributed by atoms with van der Waals surface area (Å²) in [5, 5.41) is 8.03. The van der Waals surface area contributed by atoms with E-state index >= 15 is 0 Å². The van der Waals surface area contributed by atoms with Crippen LogP contribution in [-0.2, 0) is 16.6 Å². The molecule has 1 aliphatic heterocycles. The SMILES string of the molecule is Cc1noc(CC(=O)N2CCC(c3nc(C4(C)CCCCC4)no3)CC2)n1. The lowest BCUT2D eigenvalue weighted by atomic mass is 9.75. The van der Waals surface area contributed by atoms with Crippen molar-refractivity contribution in [3.05, 3.63) is 23.4 Å². The van der Waals surface area contributed by atoms with Crippen molar-refractivity contribution in [3.63, 3.8) is 0 Å². The zero-order valence-electron chi connectivity index (χ0n) is 16.1. The molecule has 8 heteroatoms. The molecule has 2 aromatic rings. The van der Waals surface area contributed by atoms with Gasteiger partial charge in [0.05, 0.1) is 0 Å². The normalized spacial score (nSPS) is 20.7. The van der Waals surface area contributed by atoms with Gasteiger partial charge >= 0.3 is 0 Å². The maximum Gasteiger partial charge on any atom is 0.236 e. The number of carbonyl (C=O) groups is 1. The van der Waals surface area contributed by atoms with E-state index in [0.29, 0.717) is 24.8 Å². The third kappa shape index (κ3) is 3.89. The maximum atomic E-state index is 12.4. The summed E-state index contributed by atoms with van der Waals surface area (Å²) >= 11 is 0. The van der Waals surface area contributed by atoms with E-state index in [1.54, 1.807) is 6.92 Å². The van der Waals surface area contributed by atoms with E-state index < -0.39 is 0 Å². The van der Waals surface area contributed by atoms with E-state index in [1.165, 1.54) is 19.3 Å². The number of hydrogen-bond acceptors (Lipinski definition) is 7. The van der Waals surface area contributed by atoms with Crippen LogP contribution in [0.5, 0.6) is 0 Å².